The summed E-state index contributed by atoms with van der Waals surface area (Å²) in [5.41, 5.74) is -0.402. The van der Waals surface area contributed by atoms with Crippen molar-refractivity contribution in [2.24, 2.45) is 0 Å². The van der Waals surface area contributed by atoms with Crippen molar-refractivity contribution in [2.75, 3.05) is 6.26 Å². The molecule has 0 radical (unpaired) electrons. The van der Waals surface area contributed by atoms with Crippen LogP contribution in [0.3, 0.4) is 0 Å². The molecule has 1 N–H and O–H groups in total. The first-order chi connectivity index (χ1) is 7.40. The van der Waals surface area contributed by atoms with Crippen molar-refractivity contribution in [3.8, 4) is 0 Å². The molecule has 1 saturated carbocycles. The van der Waals surface area contributed by atoms with Crippen molar-refractivity contribution < 1.29 is 9.53 Å². The van der Waals surface area contributed by atoms with E-state index in [0.717, 1.165) is 18.1 Å². The molecule has 0 saturated heterocycles. The summed E-state index contributed by atoms with van der Waals surface area (Å²) in [6.07, 6.45) is 6.42. The van der Waals surface area contributed by atoms with Gasteiger partial charge in [0.15, 0.2) is 0 Å². The van der Waals surface area contributed by atoms with E-state index in [4.69, 9.17) is 4.74 Å². The molecule has 1 aliphatic carbocycles. The molecule has 3 nitrogen and oxygen atoms in total. The van der Waals surface area contributed by atoms with Gasteiger partial charge >= 0.3 is 6.09 Å². The van der Waals surface area contributed by atoms with Gasteiger partial charge in [-0.25, -0.2) is 4.79 Å². The Morgan fingerprint density at radius 2 is 1.81 bits per heavy atom. The van der Waals surface area contributed by atoms with Gasteiger partial charge in [-0.05, 0) is 52.7 Å². The summed E-state index contributed by atoms with van der Waals surface area (Å²) >= 11 is 1.93. The Kier molecular flexibility index (Phi) is 4.96. The topological polar surface area (TPSA) is 38.3 Å². The van der Waals surface area contributed by atoms with E-state index in [1.54, 1.807) is 0 Å². The molecule has 1 aliphatic rings. The summed E-state index contributed by atoms with van der Waals surface area (Å²) in [5, 5.41) is 3.72. The molecule has 0 unspecified atom stereocenters. The van der Waals surface area contributed by atoms with Gasteiger partial charge in [0, 0.05) is 11.3 Å². The van der Waals surface area contributed by atoms with Crippen molar-refractivity contribution in [1.29, 1.82) is 0 Å². The van der Waals surface area contributed by atoms with Gasteiger partial charge in [0.1, 0.15) is 5.60 Å². The van der Waals surface area contributed by atoms with Crippen LogP contribution in [0.25, 0.3) is 0 Å². The maximum Gasteiger partial charge on any atom is 0.407 e. The number of ether oxygens (including phenoxy) is 1. The third kappa shape index (κ3) is 5.10. The van der Waals surface area contributed by atoms with Crippen LogP contribution in [-0.2, 0) is 4.74 Å². The Morgan fingerprint density at radius 3 is 2.25 bits per heavy atom. The molecule has 0 heterocycles. The van der Waals surface area contributed by atoms with E-state index in [1.807, 2.05) is 32.5 Å². The lowest BCUT2D eigenvalue weighted by molar-refractivity contribution is 0.0494. The second kappa shape index (κ2) is 5.80. The number of hydrogen-bond donors (Lipinski definition) is 1. The largest absolute Gasteiger partial charge is 0.444 e. The zero-order valence-corrected chi connectivity index (χ0v) is 11.5. The minimum atomic E-state index is -0.402. The second-order valence-corrected chi connectivity index (χ2v) is 6.49. The van der Waals surface area contributed by atoms with Gasteiger partial charge in [-0.15, -0.1) is 0 Å². The van der Waals surface area contributed by atoms with Crippen LogP contribution in [0, 0.1) is 0 Å². The Morgan fingerprint density at radius 1 is 1.25 bits per heavy atom. The molecule has 16 heavy (non-hydrogen) atoms. The lowest BCUT2D eigenvalue weighted by Crippen LogP contribution is -2.41. The van der Waals surface area contributed by atoms with Gasteiger partial charge in [0.05, 0.1) is 0 Å². The number of thioether (sulfide) groups is 1. The van der Waals surface area contributed by atoms with Crippen LogP contribution in [0.4, 0.5) is 4.79 Å². The maximum absolute atomic E-state index is 11.5. The molecule has 4 heteroatoms. The Balaban J connectivity index is 2.26. The summed E-state index contributed by atoms with van der Waals surface area (Å²) in [6.45, 7) is 5.66. The average Bonchev–Trinajstić information content (AvgIpc) is 2.16. The lowest BCUT2D eigenvalue weighted by Gasteiger charge is -2.29. The summed E-state index contributed by atoms with van der Waals surface area (Å²) in [5.74, 6) is 0. The van der Waals surface area contributed by atoms with Crippen molar-refractivity contribution in [2.45, 2.75) is 63.3 Å². The highest BCUT2D eigenvalue weighted by atomic mass is 32.2. The van der Waals surface area contributed by atoms with E-state index in [2.05, 4.69) is 11.6 Å². The summed E-state index contributed by atoms with van der Waals surface area (Å²) in [6, 6.07) is 0.304. The Hall–Kier alpha value is -0.380. The van der Waals surface area contributed by atoms with Crippen LogP contribution in [-0.4, -0.2) is 29.2 Å². The normalized spacial score (nSPS) is 26.2. The van der Waals surface area contributed by atoms with Gasteiger partial charge in [-0.3, -0.25) is 0 Å². The molecule has 0 bridgehead atoms. The third-order valence-corrected chi connectivity index (χ3v) is 3.87. The van der Waals surface area contributed by atoms with Gasteiger partial charge in [-0.1, -0.05) is 0 Å². The standard InChI is InChI=1S/C12H23NO2S/c1-12(2,3)15-11(14)13-9-5-7-10(16-4)8-6-9/h9-10H,5-8H2,1-4H3,(H,13,14). The fourth-order valence-electron chi connectivity index (χ4n) is 1.92. The first-order valence-corrected chi connectivity index (χ1v) is 7.22. The van der Waals surface area contributed by atoms with Crippen LogP contribution < -0.4 is 5.32 Å². The highest BCUT2D eigenvalue weighted by molar-refractivity contribution is 7.99. The summed E-state index contributed by atoms with van der Waals surface area (Å²) < 4.78 is 5.24. The first kappa shape index (κ1) is 13.7. The van der Waals surface area contributed by atoms with Gasteiger partial charge in [-0.2, -0.15) is 11.8 Å². The second-order valence-electron chi connectivity index (χ2n) is 5.36. The highest BCUT2D eigenvalue weighted by Crippen LogP contribution is 2.26. The van der Waals surface area contributed by atoms with Gasteiger partial charge in [0.2, 0.25) is 0 Å². The fourth-order valence-corrected chi connectivity index (χ4v) is 2.66. The monoisotopic (exact) mass is 245 g/mol. The number of nitrogens with one attached hydrogen (secondary N) is 1. The van der Waals surface area contributed by atoms with Crippen molar-refractivity contribution in [3.63, 3.8) is 0 Å². The van der Waals surface area contributed by atoms with Gasteiger partial charge in [0.25, 0.3) is 0 Å². The van der Waals surface area contributed by atoms with Crippen molar-refractivity contribution in [1.82, 2.24) is 5.32 Å². The maximum atomic E-state index is 11.5. The van der Waals surface area contributed by atoms with Crippen LogP contribution in [0.5, 0.6) is 0 Å². The van der Waals surface area contributed by atoms with E-state index in [9.17, 15) is 4.79 Å². The zero-order chi connectivity index (χ0) is 12.2. The number of alkyl carbamates (subject to hydrolysis) is 1. The SMILES string of the molecule is CSC1CCC(NC(=O)OC(C)(C)C)CC1. The number of carbonyl (C=O) groups excluding carboxylic acids is 1. The van der Waals surface area contributed by atoms with E-state index in [0.29, 0.717) is 6.04 Å². The van der Waals surface area contributed by atoms with Crippen molar-refractivity contribution in [3.05, 3.63) is 0 Å². The minimum absolute atomic E-state index is 0.278. The molecule has 1 amide bonds. The number of hydrogen-bond acceptors (Lipinski definition) is 3. The molecular formula is C12H23NO2S. The molecule has 0 aromatic carbocycles. The quantitative estimate of drug-likeness (QED) is 0.812. The fraction of sp³-hybridized carbons (Fsp3) is 0.917. The molecule has 94 valence electrons. The highest BCUT2D eigenvalue weighted by Gasteiger charge is 2.24. The molecule has 0 aromatic heterocycles. The molecule has 0 aliphatic heterocycles. The summed E-state index contributed by atoms with van der Waals surface area (Å²) in [7, 11) is 0. The number of carbonyl (C=O) groups is 1. The number of rotatable bonds is 2. The third-order valence-electron chi connectivity index (χ3n) is 2.73. The van der Waals surface area contributed by atoms with Crippen LogP contribution in [0.1, 0.15) is 46.5 Å². The lowest BCUT2D eigenvalue weighted by atomic mass is 9.95. The molecule has 0 atom stereocenters. The van der Waals surface area contributed by atoms with E-state index in [-0.39, 0.29) is 6.09 Å². The van der Waals surface area contributed by atoms with E-state index >= 15 is 0 Å². The molecule has 0 spiro atoms. The first-order valence-electron chi connectivity index (χ1n) is 5.93. The molecule has 1 rings (SSSR count). The van der Waals surface area contributed by atoms with E-state index < -0.39 is 5.60 Å². The average molecular weight is 245 g/mol. The molecular weight excluding hydrogens is 222 g/mol. The smallest absolute Gasteiger partial charge is 0.407 e. The van der Waals surface area contributed by atoms with Gasteiger partial charge < -0.3 is 10.1 Å². The van der Waals surface area contributed by atoms with E-state index in [1.165, 1.54) is 12.8 Å². The Labute approximate surface area is 103 Å². The minimum Gasteiger partial charge on any atom is -0.444 e. The van der Waals surface area contributed by atoms with Crippen LogP contribution in [0.2, 0.25) is 0 Å². The number of amides is 1. The predicted molar refractivity (Wildman–Crippen MR) is 68.9 cm³/mol. The van der Waals surface area contributed by atoms with Crippen molar-refractivity contribution >= 4 is 17.9 Å². The molecule has 0 aromatic rings. The predicted octanol–water partition coefficient (Wildman–Crippen LogP) is 3.19. The summed E-state index contributed by atoms with van der Waals surface area (Å²) in [4.78, 5) is 11.5. The Bertz CT molecular complexity index is 230. The molecule has 1 fully saturated rings. The van der Waals surface area contributed by atoms with Crippen LogP contribution >= 0.6 is 11.8 Å². The van der Waals surface area contributed by atoms with Crippen LogP contribution in [0.15, 0.2) is 0 Å². The zero-order valence-electron chi connectivity index (χ0n) is 10.7.